The lowest BCUT2D eigenvalue weighted by Crippen LogP contribution is -2.45. The molecule has 1 saturated heterocycles. The fraction of sp³-hybridized carbons (Fsp3) is 0.611. The highest BCUT2D eigenvalue weighted by atomic mass is 35.5. The van der Waals surface area contributed by atoms with Crippen molar-refractivity contribution in [2.24, 2.45) is 4.99 Å². The Balaban J connectivity index is 1.69. The van der Waals surface area contributed by atoms with E-state index >= 15 is 0 Å². The standard InChI is InChI=1S/C18H29ClN4O/c1-20-18(21-10-9-15-5-7-16(19)8-6-15)22-14-17-4-3-11-23(17)12-13-24-2/h5-8,17H,3-4,9-14H2,1-2H3,(H2,20,21,22). The van der Waals surface area contributed by atoms with Gasteiger partial charge in [0.2, 0.25) is 0 Å². The van der Waals surface area contributed by atoms with Crippen LogP contribution in [0.3, 0.4) is 0 Å². The Hall–Kier alpha value is -1.30. The predicted octanol–water partition coefficient (Wildman–Crippen LogP) is 2.16. The molecule has 1 unspecified atom stereocenters. The maximum atomic E-state index is 5.91. The normalized spacial score (nSPS) is 18.8. The summed E-state index contributed by atoms with van der Waals surface area (Å²) in [5, 5.41) is 7.60. The smallest absolute Gasteiger partial charge is 0.191 e. The second-order valence-corrected chi connectivity index (χ2v) is 6.52. The maximum absolute atomic E-state index is 5.91. The molecule has 2 N–H and O–H groups in total. The molecule has 2 rings (SSSR count). The quantitative estimate of drug-likeness (QED) is 0.556. The van der Waals surface area contributed by atoms with Crippen LogP contribution in [0.1, 0.15) is 18.4 Å². The van der Waals surface area contributed by atoms with Crippen LogP contribution < -0.4 is 10.6 Å². The highest BCUT2D eigenvalue weighted by Gasteiger charge is 2.23. The van der Waals surface area contributed by atoms with Gasteiger partial charge in [-0.1, -0.05) is 23.7 Å². The van der Waals surface area contributed by atoms with Crippen LogP contribution in [0.2, 0.25) is 5.02 Å². The summed E-state index contributed by atoms with van der Waals surface area (Å²) in [4.78, 5) is 6.81. The van der Waals surface area contributed by atoms with Gasteiger partial charge in [0.05, 0.1) is 6.61 Å². The minimum Gasteiger partial charge on any atom is -0.383 e. The van der Waals surface area contributed by atoms with Gasteiger partial charge in [0.1, 0.15) is 0 Å². The van der Waals surface area contributed by atoms with Gasteiger partial charge < -0.3 is 15.4 Å². The number of halogens is 1. The van der Waals surface area contributed by atoms with Crippen molar-refractivity contribution in [3.8, 4) is 0 Å². The third kappa shape index (κ3) is 6.30. The number of aliphatic imine (C=N–C) groups is 1. The molecule has 1 aliphatic heterocycles. The van der Waals surface area contributed by atoms with Crippen molar-refractivity contribution in [2.75, 3.05) is 46.9 Å². The first-order chi connectivity index (χ1) is 11.7. The van der Waals surface area contributed by atoms with Gasteiger partial charge in [-0.15, -0.1) is 0 Å². The van der Waals surface area contributed by atoms with Crippen LogP contribution in [-0.4, -0.2) is 63.8 Å². The van der Waals surface area contributed by atoms with Crippen LogP contribution in [-0.2, 0) is 11.2 Å². The first-order valence-electron chi connectivity index (χ1n) is 8.65. The van der Waals surface area contributed by atoms with Crippen molar-refractivity contribution in [1.29, 1.82) is 0 Å². The van der Waals surface area contributed by atoms with E-state index in [1.807, 2.05) is 19.2 Å². The molecule has 134 valence electrons. The van der Waals surface area contributed by atoms with Gasteiger partial charge in [-0.25, -0.2) is 0 Å². The lowest BCUT2D eigenvalue weighted by atomic mass is 10.1. The lowest BCUT2D eigenvalue weighted by molar-refractivity contribution is 0.141. The number of ether oxygens (including phenoxy) is 1. The molecule has 0 aliphatic carbocycles. The Morgan fingerprint density at radius 3 is 2.83 bits per heavy atom. The van der Waals surface area contributed by atoms with E-state index in [0.717, 1.165) is 50.2 Å². The lowest BCUT2D eigenvalue weighted by Gasteiger charge is -2.25. The molecule has 6 heteroatoms. The molecule has 1 fully saturated rings. The van der Waals surface area contributed by atoms with E-state index < -0.39 is 0 Å². The molecule has 0 aromatic heterocycles. The zero-order valence-electron chi connectivity index (χ0n) is 14.7. The summed E-state index contributed by atoms with van der Waals surface area (Å²) in [5.74, 6) is 0.863. The third-order valence-corrected chi connectivity index (χ3v) is 4.68. The van der Waals surface area contributed by atoms with Gasteiger partial charge in [0, 0.05) is 44.9 Å². The van der Waals surface area contributed by atoms with Crippen molar-refractivity contribution in [3.05, 3.63) is 34.9 Å². The monoisotopic (exact) mass is 352 g/mol. The summed E-state index contributed by atoms with van der Waals surface area (Å²) in [6.45, 7) is 4.73. The molecule has 0 spiro atoms. The maximum Gasteiger partial charge on any atom is 0.191 e. The number of methoxy groups -OCH3 is 1. The number of hydrogen-bond acceptors (Lipinski definition) is 3. The largest absolute Gasteiger partial charge is 0.383 e. The molecule has 0 saturated carbocycles. The number of hydrogen-bond donors (Lipinski definition) is 2. The SMILES string of the molecule is CN=C(NCCc1ccc(Cl)cc1)NCC1CCCN1CCOC. The molecular weight excluding hydrogens is 324 g/mol. The summed E-state index contributed by atoms with van der Waals surface area (Å²) in [5.41, 5.74) is 1.27. The van der Waals surface area contributed by atoms with E-state index in [0.29, 0.717) is 6.04 Å². The molecule has 5 nitrogen and oxygen atoms in total. The Bertz CT molecular complexity index is 506. The molecule has 1 aromatic rings. The number of benzene rings is 1. The van der Waals surface area contributed by atoms with E-state index in [-0.39, 0.29) is 0 Å². The van der Waals surface area contributed by atoms with E-state index in [1.54, 1.807) is 7.11 Å². The molecule has 0 bridgehead atoms. The first-order valence-corrected chi connectivity index (χ1v) is 9.02. The Kier molecular flexibility index (Phi) is 8.36. The third-order valence-electron chi connectivity index (χ3n) is 4.43. The highest BCUT2D eigenvalue weighted by Crippen LogP contribution is 2.15. The minimum atomic E-state index is 0.565. The number of nitrogens with one attached hydrogen (secondary N) is 2. The number of nitrogens with zero attached hydrogens (tertiary/aromatic N) is 2. The number of likely N-dealkylation sites (tertiary alicyclic amines) is 1. The van der Waals surface area contributed by atoms with Gasteiger partial charge in [0.15, 0.2) is 5.96 Å². The van der Waals surface area contributed by atoms with Gasteiger partial charge in [0.25, 0.3) is 0 Å². The Labute approximate surface area is 150 Å². The van der Waals surface area contributed by atoms with Gasteiger partial charge in [-0.3, -0.25) is 9.89 Å². The Morgan fingerprint density at radius 1 is 1.33 bits per heavy atom. The second-order valence-electron chi connectivity index (χ2n) is 6.08. The van der Waals surface area contributed by atoms with Crippen LogP contribution in [0.4, 0.5) is 0 Å². The summed E-state index contributed by atoms with van der Waals surface area (Å²) < 4.78 is 5.19. The van der Waals surface area contributed by atoms with E-state index in [2.05, 4.69) is 32.7 Å². The van der Waals surface area contributed by atoms with Crippen LogP contribution in [0.25, 0.3) is 0 Å². The average molecular weight is 353 g/mol. The molecule has 0 amide bonds. The van der Waals surface area contributed by atoms with Crippen molar-refractivity contribution < 1.29 is 4.74 Å². The molecule has 1 atom stereocenters. The van der Waals surface area contributed by atoms with Crippen molar-refractivity contribution in [3.63, 3.8) is 0 Å². The zero-order chi connectivity index (χ0) is 17.2. The summed E-state index contributed by atoms with van der Waals surface area (Å²) in [6, 6.07) is 8.55. The average Bonchev–Trinajstić information content (AvgIpc) is 3.05. The van der Waals surface area contributed by atoms with Crippen molar-refractivity contribution >= 4 is 17.6 Å². The van der Waals surface area contributed by atoms with Crippen molar-refractivity contribution in [1.82, 2.24) is 15.5 Å². The van der Waals surface area contributed by atoms with Gasteiger partial charge in [-0.2, -0.15) is 0 Å². The molecule has 24 heavy (non-hydrogen) atoms. The summed E-state index contributed by atoms with van der Waals surface area (Å²) in [6.07, 6.45) is 3.44. The molecular formula is C18H29ClN4O. The summed E-state index contributed by atoms with van der Waals surface area (Å²) >= 11 is 5.91. The van der Waals surface area contributed by atoms with Gasteiger partial charge >= 0.3 is 0 Å². The number of rotatable bonds is 8. The first kappa shape index (κ1) is 19.0. The van der Waals surface area contributed by atoms with Crippen LogP contribution in [0.15, 0.2) is 29.3 Å². The van der Waals surface area contributed by atoms with E-state index in [4.69, 9.17) is 16.3 Å². The highest BCUT2D eigenvalue weighted by molar-refractivity contribution is 6.30. The van der Waals surface area contributed by atoms with Gasteiger partial charge in [-0.05, 0) is 43.5 Å². The fourth-order valence-electron chi connectivity index (χ4n) is 3.04. The second kappa shape index (κ2) is 10.5. The minimum absolute atomic E-state index is 0.565. The Morgan fingerprint density at radius 2 is 2.12 bits per heavy atom. The molecule has 1 aliphatic rings. The molecule has 1 aromatic carbocycles. The number of guanidine groups is 1. The predicted molar refractivity (Wildman–Crippen MR) is 101 cm³/mol. The van der Waals surface area contributed by atoms with E-state index in [1.165, 1.54) is 18.4 Å². The van der Waals surface area contributed by atoms with Crippen LogP contribution in [0.5, 0.6) is 0 Å². The summed E-state index contributed by atoms with van der Waals surface area (Å²) in [7, 11) is 3.57. The zero-order valence-corrected chi connectivity index (χ0v) is 15.5. The topological polar surface area (TPSA) is 48.9 Å². The van der Waals surface area contributed by atoms with Crippen LogP contribution >= 0.6 is 11.6 Å². The molecule has 0 radical (unpaired) electrons. The van der Waals surface area contributed by atoms with Crippen molar-refractivity contribution in [2.45, 2.75) is 25.3 Å². The fourth-order valence-corrected chi connectivity index (χ4v) is 3.17. The molecule has 1 heterocycles. The van der Waals surface area contributed by atoms with Crippen LogP contribution in [0, 0.1) is 0 Å². The van der Waals surface area contributed by atoms with E-state index in [9.17, 15) is 0 Å².